The monoisotopic (exact) mass is 491 g/mol. The average molecular weight is 493 g/mol. The molecular formula is C22H16Cl3N3O2S. The van der Waals surface area contributed by atoms with Crippen LogP contribution in [-0.2, 0) is 0 Å². The van der Waals surface area contributed by atoms with E-state index in [2.05, 4.69) is 10.4 Å². The van der Waals surface area contributed by atoms with Gasteiger partial charge in [-0.05, 0) is 61.5 Å². The van der Waals surface area contributed by atoms with E-state index in [0.29, 0.717) is 37.1 Å². The summed E-state index contributed by atoms with van der Waals surface area (Å²) in [6.45, 7) is 1.85. The topological polar surface area (TPSA) is 56.1 Å². The van der Waals surface area contributed by atoms with E-state index < -0.39 is 0 Å². The van der Waals surface area contributed by atoms with Gasteiger partial charge >= 0.3 is 0 Å². The van der Waals surface area contributed by atoms with Gasteiger partial charge in [-0.25, -0.2) is 4.68 Å². The van der Waals surface area contributed by atoms with Gasteiger partial charge in [-0.2, -0.15) is 5.10 Å². The number of benzene rings is 2. The number of hydrogen-bond acceptors (Lipinski definition) is 4. The fourth-order valence-corrected chi connectivity index (χ4v) is 4.75. The number of rotatable bonds is 5. The van der Waals surface area contributed by atoms with Crippen LogP contribution in [0.25, 0.3) is 16.3 Å². The van der Waals surface area contributed by atoms with E-state index in [9.17, 15) is 4.79 Å². The number of anilines is 1. The first-order valence-electron chi connectivity index (χ1n) is 9.13. The molecule has 0 saturated carbocycles. The molecule has 0 saturated heterocycles. The molecule has 158 valence electrons. The highest BCUT2D eigenvalue weighted by Crippen LogP contribution is 2.37. The average Bonchev–Trinajstić information content (AvgIpc) is 3.31. The van der Waals surface area contributed by atoms with Gasteiger partial charge in [-0.15, -0.1) is 11.3 Å². The summed E-state index contributed by atoms with van der Waals surface area (Å²) in [4.78, 5) is 13.9. The molecular weight excluding hydrogens is 477 g/mol. The number of ether oxygens (including phenoxy) is 1. The Morgan fingerprint density at radius 3 is 2.42 bits per heavy atom. The number of thiophene rings is 1. The summed E-state index contributed by atoms with van der Waals surface area (Å²) in [5.74, 6) is 0.364. The van der Waals surface area contributed by atoms with Gasteiger partial charge in [0.2, 0.25) is 0 Å². The van der Waals surface area contributed by atoms with Crippen LogP contribution in [0.5, 0.6) is 5.75 Å². The van der Waals surface area contributed by atoms with E-state index in [1.165, 1.54) is 11.3 Å². The highest BCUT2D eigenvalue weighted by Gasteiger charge is 2.24. The molecule has 0 fully saturated rings. The van der Waals surface area contributed by atoms with Gasteiger partial charge in [-0.1, -0.05) is 34.8 Å². The molecule has 0 aliphatic rings. The van der Waals surface area contributed by atoms with Crippen LogP contribution in [-0.4, -0.2) is 22.8 Å². The molecule has 1 N–H and O–H groups in total. The van der Waals surface area contributed by atoms with Crippen molar-refractivity contribution >= 4 is 57.7 Å². The summed E-state index contributed by atoms with van der Waals surface area (Å²) < 4.78 is 7.44. The number of halogens is 3. The highest BCUT2D eigenvalue weighted by atomic mass is 35.5. The molecule has 0 aliphatic heterocycles. The molecule has 4 rings (SSSR count). The molecule has 2 heterocycles. The van der Waals surface area contributed by atoms with Crippen molar-refractivity contribution in [3.05, 3.63) is 80.2 Å². The molecule has 0 unspecified atom stereocenters. The third-order valence-electron chi connectivity index (χ3n) is 4.63. The minimum atomic E-state index is -0.338. The second kappa shape index (κ2) is 8.93. The minimum absolute atomic E-state index is 0.279. The fraction of sp³-hybridized carbons (Fsp3) is 0.0909. The third-order valence-corrected chi connectivity index (χ3v) is 6.41. The van der Waals surface area contributed by atoms with Gasteiger partial charge in [0, 0.05) is 16.3 Å². The number of nitrogens with one attached hydrogen (secondary N) is 1. The lowest BCUT2D eigenvalue weighted by Gasteiger charge is -2.09. The SMILES string of the molecule is COc1ccc(NC(=O)c2nn(-c3ccc(Cl)cc3Cl)c(-c3ccc(Cl)s3)c2C)cc1. The summed E-state index contributed by atoms with van der Waals surface area (Å²) in [5, 5.41) is 8.41. The summed E-state index contributed by atoms with van der Waals surface area (Å²) >= 11 is 20.1. The zero-order valence-corrected chi connectivity index (χ0v) is 19.5. The lowest BCUT2D eigenvalue weighted by molar-refractivity contribution is 0.102. The predicted molar refractivity (Wildman–Crippen MR) is 128 cm³/mol. The first-order chi connectivity index (χ1) is 14.9. The molecule has 0 radical (unpaired) electrons. The molecule has 4 aromatic rings. The van der Waals surface area contributed by atoms with E-state index in [-0.39, 0.29) is 11.6 Å². The number of nitrogens with zero attached hydrogens (tertiary/aromatic N) is 2. The normalized spacial score (nSPS) is 10.9. The number of methoxy groups -OCH3 is 1. The first kappa shape index (κ1) is 21.7. The second-order valence-corrected chi connectivity index (χ2v) is 9.17. The lowest BCUT2D eigenvalue weighted by Crippen LogP contribution is -2.14. The summed E-state index contributed by atoms with van der Waals surface area (Å²) in [6, 6.07) is 15.9. The molecule has 0 bridgehead atoms. The van der Waals surface area contributed by atoms with Crippen molar-refractivity contribution in [1.82, 2.24) is 9.78 Å². The maximum Gasteiger partial charge on any atom is 0.276 e. The van der Waals surface area contributed by atoms with E-state index >= 15 is 0 Å². The van der Waals surface area contributed by atoms with Crippen LogP contribution in [0.2, 0.25) is 14.4 Å². The van der Waals surface area contributed by atoms with Crippen LogP contribution >= 0.6 is 46.1 Å². The fourth-order valence-electron chi connectivity index (χ4n) is 3.13. The molecule has 31 heavy (non-hydrogen) atoms. The van der Waals surface area contributed by atoms with Crippen LogP contribution in [0.4, 0.5) is 5.69 Å². The van der Waals surface area contributed by atoms with Gasteiger partial charge in [0.1, 0.15) is 5.75 Å². The van der Waals surface area contributed by atoms with Crippen molar-refractivity contribution in [2.24, 2.45) is 0 Å². The first-order valence-corrected chi connectivity index (χ1v) is 11.1. The van der Waals surface area contributed by atoms with Crippen LogP contribution in [0.15, 0.2) is 54.6 Å². The Hall–Kier alpha value is -2.51. The van der Waals surface area contributed by atoms with Crippen molar-refractivity contribution in [1.29, 1.82) is 0 Å². The Morgan fingerprint density at radius 1 is 1.06 bits per heavy atom. The van der Waals surface area contributed by atoms with Crippen LogP contribution in [0.1, 0.15) is 16.1 Å². The molecule has 5 nitrogen and oxygen atoms in total. The van der Waals surface area contributed by atoms with Gasteiger partial charge < -0.3 is 10.1 Å². The smallest absolute Gasteiger partial charge is 0.276 e. The van der Waals surface area contributed by atoms with Crippen molar-refractivity contribution in [3.63, 3.8) is 0 Å². The Kier molecular flexibility index (Phi) is 6.25. The standard InChI is InChI=1S/C22H16Cl3N3O2S/c1-12-20(22(29)26-14-4-6-15(30-2)7-5-14)27-28(17-8-3-13(23)11-16(17)24)21(12)18-9-10-19(25)31-18/h3-11H,1-2H3,(H,26,29). The number of carbonyl (C=O) groups excluding carboxylic acids is 1. The Balaban J connectivity index is 1.80. The van der Waals surface area contributed by atoms with Crippen LogP contribution in [0, 0.1) is 6.92 Å². The Labute approximate surface area is 198 Å². The maximum atomic E-state index is 13.1. The van der Waals surface area contributed by atoms with Gasteiger partial charge in [0.25, 0.3) is 5.91 Å². The zero-order valence-electron chi connectivity index (χ0n) is 16.4. The summed E-state index contributed by atoms with van der Waals surface area (Å²) in [6.07, 6.45) is 0. The van der Waals surface area contributed by atoms with E-state index in [1.54, 1.807) is 60.3 Å². The number of amides is 1. The summed E-state index contributed by atoms with van der Waals surface area (Å²) in [7, 11) is 1.59. The third kappa shape index (κ3) is 4.43. The maximum absolute atomic E-state index is 13.1. The van der Waals surface area contributed by atoms with Gasteiger partial charge in [0.05, 0.1) is 32.7 Å². The second-order valence-electron chi connectivity index (χ2n) is 6.62. The van der Waals surface area contributed by atoms with Crippen molar-refractivity contribution in [3.8, 4) is 22.0 Å². The Morgan fingerprint density at radius 2 is 1.81 bits per heavy atom. The van der Waals surface area contributed by atoms with E-state index in [1.807, 2.05) is 13.0 Å². The summed E-state index contributed by atoms with van der Waals surface area (Å²) in [5.41, 5.74) is 2.96. The number of hydrogen-bond donors (Lipinski definition) is 1. The minimum Gasteiger partial charge on any atom is -0.497 e. The number of carbonyl (C=O) groups is 1. The highest BCUT2D eigenvalue weighted by molar-refractivity contribution is 7.19. The molecule has 0 aliphatic carbocycles. The molecule has 2 aromatic carbocycles. The number of aromatic nitrogens is 2. The van der Waals surface area contributed by atoms with E-state index in [4.69, 9.17) is 39.5 Å². The van der Waals surface area contributed by atoms with Crippen molar-refractivity contribution in [2.75, 3.05) is 12.4 Å². The molecule has 1 amide bonds. The quantitative estimate of drug-likeness (QED) is 0.322. The molecule has 0 spiro atoms. The van der Waals surface area contributed by atoms with Crippen LogP contribution in [0.3, 0.4) is 0 Å². The molecule has 0 atom stereocenters. The Bertz CT molecular complexity index is 1270. The van der Waals surface area contributed by atoms with Gasteiger partial charge in [0.15, 0.2) is 5.69 Å². The lowest BCUT2D eigenvalue weighted by atomic mass is 10.1. The largest absolute Gasteiger partial charge is 0.497 e. The van der Waals surface area contributed by atoms with Crippen molar-refractivity contribution < 1.29 is 9.53 Å². The van der Waals surface area contributed by atoms with Gasteiger partial charge in [-0.3, -0.25) is 4.79 Å². The van der Waals surface area contributed by atoms with E-state index in [0.717, 1.165) is 10.6 Å². The zero-order chi connectivity index (χ0) is 22.1. The molecule has 9 heteroatoms. The molecule has 2 aromatic heterocycles. The predicted octanol–water partition coefficient (Wildman–Crippen LogP) is 7.13. The van der Waals surface area contributed by atoms with Crippen LogP contribution < -0.4 is 10.1 Å². The van der Waals surface area contributed by atoms with Crippen molar-refractivity contribution in [2.45, 2.75) is 6.92 Å².